The Kier molecular flexibility index (Phi) is 2.57. The van der Waals surface area contributed by atoms with Gasteiger partial charge in [0.1, 0.15) is 0 Å². The van der Waals surface area contributed by atoms with Gasteiger partial charge in [0, 0.05) is 12.0 Å². The van der Waals surface area contributed by atoms with Gasteiger partial charge in [-0.25, -0.2) is 0 Å². The maximum absolute atomic E-state index is 9.80. The first-order valence-corrected chi connectivity index (χ1v) is 5.26. The molecule has 2 rings (SSSR count). The van der Waals surface area contributed by atoms with Crippen LogP contribution in [0.15, 0.2) is 0 Å². The quantitative estimate of drug-likeness (QED) is 0.528. The Morgan fingerprint density at radius 2 is 2.54 bits per heavy atom. The average molecular weight is 204 g/mol. The first-order valence-electron chi connectivity index (χ1n) is 4.74. The highest BCUT2D eigenvalue weighted by molar-refractivity contribution is 7.80. The van der Waals surface area contributed by atoms with Crippen LogP contribution in [0, 0.1) is 5.41 Å². The van der Waals surface area contributed by atoms with Gasteiger partial charge in [0.25, 0.3) is 0 Å². The zero-order valence-corrected chi connectivity index (χ0v) is 8.67. The lowest BCUT2D eigenvalue weighted by atomic mass is 9.96. The molecular weight excluding hydrogens is 188 g/mol. The zero-order valence-electron chi connectivity index (χ0n) is 7.77. The molecule has 13 heavy (non-hydrogen) atoms. The van der Waals surface area contributed by atoms with Crippen molar-refractivity contribution in [2.45, 2.75) is 37.4 Å². The molecule has 4 atom stereocenters. The van der Waals surface area contributed by atoms with Crippen molar-refractivity contribution >= 4 is 12.6 Å². The molecule has 0 aromatic heterocycles. The maximum Gasteiger partial charge on any atom is 0.0971 e. The molecule has 0 aromatic carbocycles. The average Bonchev–Trinajstić information content (AvgIpc) is 2.78. The van der Waals surface area contributed by atoms with Crippen LogP contribution in [-0.2, 0) is 9.47 Å². The van der Waals surface area contributed by atoms with E-state index in [0.717, 1.165) is 12.8 Å². The molecule has 3 nitrogen and oxygen atoms in total. The summed E-state index contributed by atoms with van der Waals surface area (Å²) in [5, 5.41) is 9.80. The molecule has 1 N–H and O–H groups in total. The van der Waals surface area contributed by atoms with Crippen LogP contribution in [-0.4, -0.2) is 36.0 Å². The van der Waals surface area contributed by atoms with Crippen LogP contribution in [0.2, 0.25) is 0 Å². The molecule has 0 bridgehead atoms. The molecule has 4 unspecified atom stereocenters. The monoisotopic (exact) mass is 204 g/mol. The summed E-state index contributed by atoms with van der Waals surface area (Å²) in [6.45, 7) is 3.14. The summed E-state index contributed by atoms with van der Waals surface area (Å²) >= 11 is 4.14. The smallest absolute Gasteiger partial charge is 0.0971 e. The molecule has 1 heterocycles. The van der Waals surface area contributed by atoms with E-state index in [0.29, 0.717) is 13.2 Å². The highest BCUT2D eigenvalue weighted by atomic mass is 32.1. The van der Waals surface area contributed by atoms with Gasteiger partial charge in [-0.2, -0.15) is 0 Å². The first kappa shape index (κ1) is 9.77. The molecule has 1 aliphatic heterocycles. The molecule has 0 radical (unpaired) electrons. The SMILES string of the molecule is CC(S)OCC12CC1OCCC2O. The van der Waals surface area contributed by atoms with Crippen LogP contribution in [0.3, 0.4) is 0 Å². The molecule has 1 saturated heterocycles. The topological polar surface area (TPSA) is 38.7 Å². The predicted octanol–water partition coefficient (Wildman–Crippen LogP) is 0.819. The summed E-state index contributed by atoms with van der Waals surface area (Å²) in [7, 11) is 0. The van der Waals surface area contributed by atoms with E-state index in [4.69, 9.17) is 9.47 Å². The van der Waals surface area contributed by atoms with E-state index in [2.05, 4.69) is 12.6 Å². The van der Waals surface area contributed by atoms with Crippen LogP contribution < -0.4 is 0 Å². The van der Waals surface area contributed by atoms with E-state index in [1.54, 1.807) is 0 Å². The fourth-order valence-electron chi connectivity index (χ4n) is 1.99. The van der Waals surface area contributed by atoms with E-state index in [1.807, 2.05) is 6.92 Å². The van der Waals surface area contributed by atoms with Crippen LogP contribution in [0.5, 0.6) is 0 Å². The van der Waals surface area contributed by atoms with Crippen molar-refractivity contribution in [1.82, 2.24) is 0 Å². The van der Waals surface area contributed by atoms with E-state index in [9.17, 15) is 5.11 Å². The molecule has 2 aliphatic rings. The van der Waals surface area contributed by atoms with Gasteiger partial charge in [-0.3, -0.25) is 0 Å². The zero-order chi connectivity index (χ0) is 9.47. The van der Waals surface area contributed by atoms with E-state index < -0.39 is 0 Å². The Balaban J connectivity index is 1.89. The third-order valence-corrected chi connectivity index (χ3v) is 3.16. The number of fused-ring (bicyclic) bond motifs is 1. The fourth-order valence-corrected chi connectivity index (χ4v) is 2.07. The first-order chi connectivity index (χ1) is 6.15. The Labute approximate surface area is 83.8 Å². The molecule has 4 heteroatoms. The summed E-state index contributed by atoms with van der Waals surface area (Å²) in [6.07, 6.45) is 1.65. The number of thiol groups is 1. The normalized spacial score (nSPS) is 45.5. The minimum absolute atomic E-state index is 0.0650. The summed E-state index contributed by atoms with van der Waals surface area (Å²) in [4.78, 5) is 0. The van der Waals surface area contributed by atoms with Crippen molar-refractivity contribution in [1.29, 1.82) is 0 Å². The molecule has 0 amide bonds. The van der Waals surface area contributed by atoms with Crippen LogP contribution in [0.1, 0.15) is 19.8 Å². The second-order valence-electron chi connectivity index (χ2n) is 4.01. The van der Waals surface area contributed by atoms with Gasteiger partial charge in [0.15, 0.2) is 0 Å². The number of ether oxygens (including phenoxy) is 2. The van der Waals surface area contributed by atoms with Crippen molar-refractivity contribution in [2.75, 3.05) is 13.2 Å². The molecule has 2 fully saturated rings. The number of rotatable bonds is 3. The lowest BCUT2D eigenvalue weighted by molar-refractivity contribution is -0.0724. The largest absolute Gasteiger partial charge is 0.392 e. The molecule has 0 spiro atoms. The standard InChI is InChI=1S/C9H16O3S/c1-6(13)12-5-9-4-8(9)11-3-2-7(9)10/h6-8,10,13H,2-5H2,1H3. The van der Waals surface area contributed by atoms with Gasteiger partial charge >= 0.3 is 0 Å². The summed E-state index contributed by atoms with van der Waals surface area (Å²) in [5.74, 6) is 0. The summed E-state index contributed by atoms with van der Waals surface area (Å²) < 4.78 is 10.9. The Morgan fingerprint density at radius 1 is 1.77 bits per heavy atom. The maximum atomic E-state index is 9.80. The second-order valence-corrected chi connectivity index (χ2v) is 4.74. The highest BCUT2D eigenvalue weighted by Gasteiger charge is 2.62. The van der Waals surface area contributed by atoms with Crippen molar-refractivity contribution in [2.24, 2.45) is 5.41 Å². The van der Waals surface area contributed by atoms with Crippen molar-refractivity contribution < 1.29 is 14.6 Å². The third kappa shape index (κ3) is 1.73. The fraction of sp³-hybridized carbons (Fsp3) is 1.00. The molecule has 1 saturated carbocycles. The molecule has 0 aromatic rings. The van der Waals surface area contributed by atoms with Gasteiger partial charge in [0.05, 0.1) is 24.3 Å². The minimum atomic E-state index is -0.252. The van der Waals surface area contributed by atoms with Crippen LogP contribution in [0.4, 0.5) is 0 Å². The van der Waals surface area contributed by atoms with Gasteiger partial charge in [-0.1, -0.05) is 0 Å². The highest BCUT2D eigenvalue weighted by Crippen LogP contribution is 2.54. The molecule has 1 aliphatic carbocycles. The number of hydrogen-bond donors (Lipinski definition) is 2. The Bertz CT molecular complexity index is 197. The van der Waals surface area contributed by atoms with Gasteiger partial charge in [-0.15, -0.1) is 12.6 Å². The third-order valence-electron chi connectivity index (χ3n) is 3.01. The molecular formula is C9H16O3S. The summed E-state index contributed by atoms with van der Waals surface area (Å²) in [6, 6.07) is 0. The van der Waals surface area contributed by atoms with E-state index >= 15 is 0 Å². The lowest BCUT2D eigenvalue weighted by Crippen LogP contribution is -2.36. The van der Waals surface area contributed by atoms with Crippen molar-refractivity contribution in [3.63, 3.8) is 0 Å². The van der Waals surface area contributed by atoms with Crippen molar-refractivity contribution in [3.05, 3.63) is 0 Å². The molecule has 76 valence electrons. The van der Waals surface area contributed by atoms with Crippen LogP contribution in [0.25, 0.3) is 0 Å². The minimum Gasteiger partial charge on any atom is -0.392 e. The predicted molar refractivity (Wildman–Crippen MR) is 51.8 cm³/mol. The van der Waals surface area contributed by atoms with Crippen molar-refractivity contribution in [3.8, 4) is 0 Å². The van der Waals surface area contributed by atoms with Gasteiger partial charge in [0.2, 0.25) is 0 Å². The summed E-state index contributed by atoms with van der Waals surface area (Å²) in [5.41, 5.74) is -0.167. The lowest BCUT2D eigenvalue weighted by Gasteiger charge is -2.28. The van der Waals surface area contributed by atoms with E-state index in [1.165, 1.54) is 0 Å². The van der Waals surface area contributed by atoms with E-state index in [-0.39, 0.29) is 23.1 Å². The van der Waals surface area contributed by atoms with Crippen LogP contribution >= 0.6 is 12.6 Å². The Morgan fingerprint density at radius 3 is 3.15 bits per heavy atom. The van der Waals surface area contributed by atoms with Gasteiger partial charge in [-0.05, 0) is 19.8 Å². The number of aliphatic hydroxyl groups excluding tert-OH is 1. The number of aliphatic hydroxyl groups is 1. The number of hydrogen-bond acceptors (Lipinski definition) is 4. The Hall–Kier alpha value is 0.230. The second kappa shape index (κ2) is 3.42. The van der Waals surface area contributed by atoms with Gasteiger partial charge < -0.3 is 14.6 Å².